The van der Waals surface area contributed by atoms with Crippen LogP contribution in [-0.2, 0) is 0 Å². The highest BCUT2D eigenvalue weighted by Gasteiger charge is 2.16. The molecule has 4 nitrogen and oxygen atoms in total. The first kappa shape index (κ1) is 13.0. The van der Waals surface area contributed by atoms with Gasteiger partial charge in [-0.3, -0.25) is 4.98 Å². The van der Waals surface area contributed by atoms with Crippen molar-refractivity contribution < 1.29 is 14.3 Å². The molecular formula is C14H13FN2O2. The summed E-state index contributed by atoms with van der Waals surface area (Å²) in [5.41, 5.74) is 0.595. The fraction of sp³-hybridized carbons (Fsp3) is 0.143. The van der Waals surface area contributed by atoms with Crippen LogP contribution in [0.25, 0.3) is 0 Å². The summed E-state index contributed by atoms with van der Waals surface area (Å²) in [7, 11) is 0. The molecular weight excluding hydrogens is 247 g/mol. The van der Waals surface area contributed by atoms with Crippen LogP contribution in [0.2, 0.25) is 0 Å². The van der Waals surface area contributed by atoms with Crippen molar-refractivity contribution in [3.8, 4) is 0 Å². The molecule has 1 unspecified atom stereocenters. The number of pyridine rings is 1. The van der Waals surface area contributed by atoms with Crippen LogP contribution in [0, 0.1) is 5.82 Å². The van der Waals surface area contributed by atoms with Gasteiger partial charge in [0.05, 0.1) is 23.0 Å². The van der Waals surface area contributed by atoms with E-state index in [9.17, 15) is 9.18 Å². The van der Waals surface area contributed by atoms with E-state index in [4.69, 9.17) is 5.11 Å². The Bertz CT molecular complexity index is 587. The molecule has 2 N–H and O–H groups in total. The van der Waals surface area contributed by atoms with E-state index in [0.29, 0.717) is 5.69 Å². The Morgan fingerprint density at radius 1 is 1.32 bits per heavy atom. The summed E-state index contributed by atoms with van der Waals surface area (Å²) in [5.74, 6) is -1.77. The predicted molar refractivity (Wildman–Crippen MR) is 69.6 cm³/mol. The lowest BCUT2D eigenvalue weighted by atomic mass is 10.1. The van der Waals surface area contributed by atoms with Crippen LogP contribution < -0.4 is 5.32 Å². The van der Waals surface area contributed by atoms with Gasteiger partial charge in [0, 0.05) is 6.20 Å². The fourth-order valence-corrected chi connectivity index (χ4v) is 1.77. The summed E-state index contributed by atoms with van der Waals surface area (Å²) in [6.07, 6.45) is 1.63. The van der Waals surface area contributed by atoms with E-state index >= 15 is 0 Å². The molecule has 1 heterocycles. The molecule has 0 saturated carbocycles. The average molecular weight is 260 g/mol. The van der Waals surface area contributed by atoms with Gasteiger partial charge < -0.3 is 10.4 Å². The highest BCUT2D eigenvalue weighted by Crippen LogP contribution is 2.24. The number of nitrogens with zero attached hydrogens (tertiary/aromatic N) is 1. The highest BCUT2D eigenvalue weighted by molar-refractivity contribution is 5.94. The maximum atomic E-state index is 13.7. The molecule has 1 aromatic carbocycles. The predicted octanol–water partition coefficient (Wildman–Crippen LogP) is 3.09. The van der Waals surface area contributed by atoms with Gasteiger partial charge in [0.15, 0.2) is 0 Å². The van der Waals surface area contributed by atoms with Gasteiger partial charge in [-0.15, -0.1) is 0 Å². The average Bonchev–Trinajstić information content (AvgIpc) is 2.41. The molecule has 0 aliphatic rings. The molecule has 98 valence electrons. The van der Waals surface area contributed by atoms with Gasteiger partial charge in [0.25, 0.3) is 0 Å². The maximum absolute atomic E-state index is 13.7. The van der Waals surface area contributed by atoms with Gasteiger partial charge in [0.2, 0.25) is 0 Å². The summed E-state index contributed by atoms with van der Waals surface area (Å²) in [6.45, 7) is 1.79. The summed E-state index contributed by atoms with van der Waals surface area (Å²) in [6, 6.07) is 9.05. The van der Waals surface area contributed by atoms with Crippen molar-refractivity contribution in [3.63, 3.8) is 0 Å². The minimum absolute atomic E-state index is 0.0202. The monoisotopic (exact) mass is 260 g/mol. The molecule has 2 rings (SSSR count). The second-order valence-corrected chi connectivity index (χ2v) is 4.09. The number of aromatic carboxylic acids is 1. The van der Waals surface area contributed by atoms with Crippen LogP contribution in [0.3, 0.4) is 0 Å². The lowest BCUT2D eigenvalue weighted by Crippen LogP contribution is -2.13. The van der Waals surface area contributed by atoms with Crippen molar-refractivity contribution >= 4 is 11.7 Å². The second kappa shape index (κ2) is 5.48. The highest BCUT2D eigenvalue weighted by atomic mass is 19.1. The Labute approximate surface area is 109 Å². The number of halogens is 1. The number of carboxylic acids is 1. The molecule has 2 aromatic rings. The summed E-state index contributed by atoms with van der Waals surface area (Å²) < 4.78 is 13.7. The van der Waals surface area contributed by atoms with E-state index in [2.05, 4.69) is 10.3 Å². The Morgan fingerprint density at radius 2 is 2.11 bits per heavy atom. The number of aromatic nitrogens is 1. The van der Waals surface area contributed by atoms with E-state index in [1.807, 2.05) is 6.07 Å². The van der Waals surface area contributed by atoms with Crippen LogP contribution in [-0.4, -0.2) is 16.1 Å². The zero-order valence-corrected chi connectivity index (χ0v) is 10.3. The van der Waals surface area contributed by atoms with Gasteiger partial charge in [-0.25, -0.2) is 9.18 Å². The number of hydrogen-bond donors (Lipinski definition) is 2. The second-order valence-electron chi connectivity index (χ2n) is 4.09. The molecule has 0 aliphatic heterocycles. The van der Waals surface area contributed by atoms with Crippen LogP contribution in [0.15, 0.2) is 42.6 Å². The molecule has 0 amide bonds. The minimum Gasteiger partial charge on any atom is -0.478 e. The van der Waals surface area contributed by atoms with E-state index in [0.717, 1.165) is 0 Å². The fourth-order valence-electron chi connectivity index (χ4n) is 1.77. The first-order chi connectivity index (χ1) is 9.09. The number of carboxylic acid groups (broad SMARTS) is 1. The van der Waals surface area contributed by atoms with Crippen molar-refractivity contribution in [1.82, 2.24) is 4.98 Å². The summed E-state index contributed by atoms with van der Waals surface area (Å²) in [5, 5.41) is 11.9. The molecule has 1 aromatic heterocycles. The van der Waals surface area contributed by atoms with Crippen molar-refractivity contribution in [3.05, 3.63) is 59.7 Å². The van der Waals surface area contributed by atoms with Crippen LogP contribution in [0.5, 0.6) is 0 Å². The lowest BCUT2D eigenvalue weighted by molar-refractivity contribution is 0.0697. The standard InChI is InChI=1S/C14H13FN2O2/c1-9(12-7-2-3-8-16-12)17-13-10(14(18)19)5-4-6-11(13)15/h2-9,17H,1H3,(H,18,19). The van der Waals surface area contributed by atoms with Crippen molar-refractivity contribution in [2.24, 2.45) is 0 Å². The van der Waals surface area contributed by atoms with Crippen LogP contribution in [0.4, 0.5) is 10.1 Å². The quantitative estimate of drug-likeness (QED) is 0.886. The van der Waals surface area contributed by atoms with Gasteiger partial charge in [0.1, 0.15) is 5.82 Å². The zero-order valence-electron chi connectivity index (χ0n) is 10.3. The molecule has 0 aliphatic carbocycles. The summed E-state index contributed by atoms with van der Waals surface area (Å²) in [4.78, 5) is 15.2. The normalized spacial score (nSPS) is 11.9. The third-order valence-corrected chi connectivity index (χ3v) is 2.74. The van der Waals surface area contributed by atoms with Crippen molar-refractivity contribution in [2.75, 3.05) is 5.32 Å². The van der Waals surface area contributed by atoms with E-state index in [-0.39, 0.29) is 17.3 Å². The number of anilines is 1. The SMILES string of the molecule is CC(Nc1c(F)cccc1C(=O)O)c1ccccn1. The molecule has 0 saturated heterocycles. The molecule has 0 bridgehead atoms. The first-order valence-electron chi connectivity index (χ1n) is 5.79. The van der Waals surface area contributed by atoms with Gasteiger partial charge in [-0.1, -0.05) is 12.1 Å². The number of nitrogens with one attached hydrogen (secondary N) is 1. The van der Waals surface area contributed by atoms with Crippen molar-refractivity contribution in [2.45, 2.75) is 13.0 Å². The number of hydrogen-bond acceptors (Lipinski definition) is 3. The van der Waals surface area contributed by atoms with Crippen molar-refractivity contribution in [1.29, 1.82) is 0 Å². The smallest absolute Gasteiger partial charge is 0.337 e. The Hall–Kier alpha value is -2.43. The molecule has 0 spiro atoms. The molecule has 19 heavy (non-hydrogen) atoms. The zero-order chi connectivity index (χ0) is 13.8. The van der Waals surface area contributed by atoms with E-state index in [1.165, 1.54) is 18.2 Å². The molecule has 0 fully saturated rings. The molecule has 1 atom stereocenters. The largest absolute Gasteiger partial charge is 0.478 e. The Morgan fingerprint density at radius 3 is 2.74 bits per heavy atom. The number of rotatable bonds is 4. The minimum atomic E-state index is -1.17. The Kier molecular flexibility index (Phi) is 3.75. The van der Waals surface area contributed by atoms with Gasteiger partial charge >= 0.3 is 5.97 Å². The van der Waals surface area contributed by atoms with E-state index < -0.39 is 11.8 Å². The van der Waals surface area contributed by atoms with Gasteiger partial charge in [-0.05, 0) is 31.2 Å². The first-order valence-corrected chi connectivity index (χ1v) is 5.79. The third kappa shape index (κ3) is 2.88. The Balaban J connectivity index is 2.31. The number of benzene rings is 1. The van der Waals surface area contributed by atoms with Crippen LogP contribution in [0.1, 0.15) is 29.0 Å². The molecule has 5 heteroatoms. The number of para-hydroxylation sites is 1. The van der Waals surface area contributed by atoms with Gasteiger partial charge in [-0.2, -0.15) is 0 Å². The summed E-state index contributed by atoms with van der Waals surface area (Å²) >= 11 is 0. The maximum Gasteiger partial charge on any atom is 0.337 e. The van der Waals surface area contributed by atoms with Crippen LogP contribution >= 0.6 is 0 Å². The van der Waals surface area contributed by atoms with E-state index in [1.54, 1.807) is 25.3 Å². The lowest BCUT2D eigenvalue weighted by Gasteiger charge is -2.16. The number of carbonyl (C=O) groups is 1. The third-order valence-electron chi connectivity index (χ3n) is 2.74. The molecule has 0 radical (unpaired) electrons. The topological polar surface area (TPSA) is 62.2 Å².